The quantitative estimate of drug-likeness (QED) is 0.773. The molecule has 1 atom stereocenters. The summed E-state index contributed by atoms with van der Waals surface area (Å²) >= 11 is 0. The van der Waals surface area contributed by atoms with Gasteiger partial charge in [0.1, 0.15) is 0 Å². The molecular formula is C12H20N2. The first-order valence-corrected chi connectivity index (χ1v) is 5.41. The minimum absolute atomic E-state index is 0.541. The highest BCUT2D eigenvalue weighted by Gasteiger charge is 2.00. The molecule has 14 heavy (non-hydrogen) atoms. The molecular weight excluding hydrogens is 172 g/mol. The summed E-state index contributed by atoms with van der Waals surface area (Å²) in [5, 5.41) is 3.44. The van der Waals surface area contributed by atoms with Crippen molar-refractivity contribution in [3.8, 4) is 0 Å². The van der Waals surface area contributed by atoms with Gasteiger partial charge in [-0.2, -0.15) is 0 Å². The van der Waals surface area contributed by atoms with Gasteiger partial charge >= 0.3 is 0 Å². The molecule has 2 heteroatoms. The van der Waals surface area contributed by atoms with E-state index in [1.54, 1.807) is 0 Å². The predicted octanol–water partition coefficient (Wildman–Crippen LogP) is 3.38. The third-order valence-electron chi connectivity index (χ3n) is 2.32. The predicted molar refractivity (Wildman–Crippen MR) is 61.6 cm³/mol. The number of rotatable bonds is 5. The molecule has 1 N–H and O–H groups in total. The molecule has 0 aliphatic rings. The monoisotopic (exact) mass is 192 g/mol. The summed E-state index contributed by atoms with van der Waals surface area (Å²) in [7, 11) is 0. The van der Waals surface area contributed by atoms with Gasteiger partial charge < -0.3 is 5.32 Å². The molecule has 1 heterocycles. The second kappa shape index (κ2) is 5.63. The van der Waals surface area contributed by atoms with Crippen LogP contribution < -0.4 is 5.32 Å². The molecule has 0 saturated carbocycles. The molecule has 1 aromatic heterocycles. The number of hydrogen-bond donors (Lipinski definition) is 1. The average Bonchev–Trinajstić information content (AvgIpc) is 2.18. The van der Waals surface area contributed by atoms with Crippen LogP contribution in [-0.4, -0.2) is 11.0 Å². The van der Waals surface area contributed by atoms with Crippen molar-refractivity contribution in [1.82, 2.24) is 4.98 Å². The standard InChI is InChI=1S/C12H20N2/c1-4-5-6-11(3)14-12-8-7-10(2)13-9-12/h7-9,11,14H,4-6H2,1-3H3. The van der Waals surface area contributed by atoms with Crippen LogP contribution in [0.1, 0.15) is 38.8 Å². The van der Waals surface area contributed by atoms with Crippen molar-refractivity contribution in [2.75, 3.05) is 5.32 Å². The van der Waals surface area contributed by atoms with E-state index in [1.165, 1.54) is 19.3 Å². The van der Waals surface area contributed by atoms with Gasteiger partial charge in [0.2, 0.25) is 0 Å². The van der Waals surface area contributed by atoms with Crippen molar-refractivity contribution in [2.45, 2.75) is 46.1 Å². The third kappa shape index (κ3) is 3.77. The Morgan fingerprint density at radius 2 is 2.21 bits per heavy atom. The first-order valence-electron chi connectivity index (χ1n) is 5.41. The number of aryl methyl sites for hydroxylation is 1. The topological polar surface area (TPSA) is 24.9 Å². The van der Waals surface area contributed by atoms with Crippen molar-refractivity contribution in [1.29, 1.82) is 0 Å². The average molecular weight is 192 g/mol. The van der Waals surface area contributed by atoms with Crippen LogP contribution in [0.15, 0.2) is 18.3 Å². The van der Waals surface area contributed by atoms with E-state index in [-0.39, 0.29) is 0 Å². The van der Waals surface area contributed by atoms with Gasteiger partial charge in [0, 0.05) is 11.7 Å². The Balaban J connectivity index is 2.39. The fraction of sp³-hybridized carbons (Fsp3) is 0.583. The minimum Gasteiger partial charge on any atom is -0.381 e. The summed E-state index contributed by atoms with van der Waals surface area (Å²) in [6, 6.07) is 4.67. The molecule has 0 aliphatic heterocycles. The molecule has 0 aromatic carbocycles. The summed E-state index contributed by atoms with van der Waals surface area (Å²) < 4.78 is 0. The molecule has 1 unspecified atom stereocenters. The van der Waals surface area contributed by atoms with E-state index in [4.69, 9.17) is 0 Å². The molecule has 1 aromatic rings. The van der Waals surface area contributed by atoms with Gasteiger partial charge in [-0.1, -0.05) is 19.8 Å². The van der Waals surface area contributed by atoms with E-state index in [9.17, 15) is 0 Å². The molecule has 0 radical (unpaired) electrons. The van der Waals surface area contributed by atoms with Crippen LogP contribution in [0.5, 0.6) is 0 Å². The molecule has 0 spiro atoms. The fourth-order valence-electron chi connectivity index (χ4n) is 1.42. The SMILES string of the molecule is CCCCC(C)Nc1ccc(C)nc1. The molecule has 1 rings (SSSR count). The normalized spacial score (nSPS) is 12.5. The minimum atomic E-state index is 0.541. The zero-order valence-corrected chi connectivity index (χ0v) is 9.38. The summed E-state index contributed by atoms with van der Waals surface area (Å²) in [6.07, 6.45) is 5.67. The lowest BCUT2D eigenvalue weighted by Crippen LogP contribution is -2.14. The second-order valence-electron chi connectivity index (χ2n) is 3.88. The van der Waals surface area contributed by atoms with E-state index in [0.29, 0.717) is 6.04 Å². The Morgan fingerprint density at radius 3 is 2.79 bits per heavy atom. The fourth-order valence-corrected chi connectivity index (χ4v) is 1.42. The van der Waals surface area contributed by atoms with E-state index < -0.39 is 0 Å². The molecule has 78 valence electrons. The summed E-state index contributed by atoms with van der Waals surface area (Å²) in [6.45, 7) is 6.44. The van der Waals surface area contributed by atoms with E-state index in [1.807, 2.05) is 19.2 Å². The van der Waals surface area contributed by atoms with Crippen LogP contribution in [0.3, 0.4) is 0 Å². The van der Waals surface area contributed by atoms with Gasteiger partial charge in [0.15, 0.2) is 0 Å². The zero-order valence-electron chi connectivity index (χ0n) is 9.38. The highest BCUT2D eigenvalue weighted by Crippen LogP contribution is 2.10. The molecule has 0 aliphatic carbocycles. The Labute approximate surface area is 86.8 Å². The number of nitrogens with zero attached hydrogens (tertiary/aromatic N) is 1. The number of anilines is 1. The van der Waals surface area contributed by atoms with Crippen molar-refractivity contribution < 1.29 is 0 Å². The van der Waals surface area contributed by atoms with Crippen LogP contribution in [0.2, 0.25) is 0 Å². The Kier molecular flexibility index (Phi) is 4.44. The summed E-state index contributed by atoms with van der Waals surface area (Å²) in [5.41, 5.74) is 2.19. The van der Waals surface area contributed by atoms with Gasteiger partial charge in [-0.25, -0.2) is 0 Å². The first-order chi connectivity index (χ1) is 6.72. The van der Waals surface area contributed by atoms with Crippen LogP contribution in [-0.2, 0) is 0 Å². The van der Waals surface area contributed by atoms with E-state index in [0.717, 1.165) is 11.4 Å². The molecule has 0 fully saturated rings. The Morgan fingerprint density at radius 1 is 1.43 bits per heavy atom. The highest BCUT2D eigenvalue weighted by atomic mass is 14.9. The second-order valence-corrected chi connectivity index (χ2v) is 3.88. The van der Waals surface area contributed by atoms with E-state index in [2.05, 4.69) is 30.2 Å². The number of unbranched alkanes of at least 4 members (excludes halogenated alkanes) is 1. The van der Waals surface area contributed by atoms with Gasteiger partial charge in [0.25, 0.3) is 0 Å². The van der Waals surface area contributed by atoms with Crippen molar-refractivity contribution in [2.24, 2.45) is 0 Å². The molecule has 0 bridgehead atoms. The lowest BCUT2D eigenvalue weighted by molar-refractivity contribution is 0.645. The van der Waals surface area contributed by atoms with E-state index >= 15 is 0 Å². The van der Waals surface area contributed by atoms with Gasteiger partial charge in [-0.05, 0) is 32.4 Å². The molecule has 2 nitrogen and oxygen atoms in total. The number of hydrogen-bond acceptors (Lipinski definition) is 2. The maximum absolute atomic E-state index is 4.25. The van der Waals surface area contributed by atoms with Crippen LogP contribution in [0.25, 0.3) is 0 Å². The Bertz CT molecular complexity index is 254. The maximum atomic E-state index is 4.25. The van der Waals surface area contributed by atoms with Crippen LogP contribution in [0.4, 0.5) is 5.69 Å². The zero-order chi connectivity index (χ0) is 10.4. The van der Waals surface area contributed by atoms with Crippen molar-refractivity contribution >= 4 is 5.69 Å². The largest absolute Gasteiger partial charge is 0.381 e. The van der Waals surface area contributed by atoms with Crippen LogP contribution >= 0.6 is 0 Å². The third-order valence-corrected chi connectivity index (χ3v) is 2.32. The molecule has 0 saturated heterocycles. The Hall–Kier alpha value is -1.05. The van der Waals surface area contributed by atoms with Gasteiger partial charge in [0.05, 0.1) is 11.9 Å². The summed E-state index contributed by atoms with van der Waals surface area (Å²) in [5.74, 6) is 0. The number of pyridine rings is 1. The van der Waals surface area contributed by atoms with Crippen LogP contribution in [0, 0.1) is 6.92 Å². The highest BCUT2D eigenvalue weighted by molar-refractivity contribution is 5.41. The smallest absolute Gasteiger partial charge is 0.0528 e. The maximum Gasteiger partial charge on any atom is 0.0528 e. The number of nitrogens with one attached hydrogen (secondary N) is 1. The van der Waals surface area contributed by atoms with Crippen molar-refractivity contribution in [3.63, 3.8) is 0 Å². The van der Waals surface area contributed by atoms with Gasteiger partial charge in [-0.15, -0.1) is 0 Å². The number of aromatic nitrogens is 1. The summed E-state index contributed by atoms with van der Waals surface area (Å²) in [4.78, 5) is 4.25. The van der Waals surface area contributed by atoms with Gasteiger partial charge in [-0.3, -0.25) is 4.98 Å². The first kappa shape index (κ1) is 11.0. The lowest BCUT2D eigenvalue weighted by atomic mass is 10.1. The lowest BCUT2D eigenvalue weighted by Gasteiger charge is -2.14. The molecule has 0 amide bonds. The van der Waals surface area contributed by atoms with Crippen molar-refractivity contribution in [3.05, 3.63) is 24.0 Å².